The maximum Gasteiger partial charge on any atom is 0.223 e. The third-order valence-corrected chi connectivity index (χ3v) is 4.39. The van der Waals surface area contributed by atoms with E-state index in [1.807, 2.05) is 20.8 Å². The summed E-state index contributed by atoms with van der Waals surface area (Å²) in [6.07, 6.45) is 1.15. The molecule has 22 heavy (non-hydrogen) atoms. The Hall–Kier alpha value is -1.73. The lowest BCUT2D eigenvalue weighted by Crippen LogP contribution is -2.34. The van der Waals surface area contributed by atoms with Crippen LogP contribution in [0.4, 0.5) is 0 Å². The number of likely N-dealkylation sites (tertiary alicyclic amines) is 1. The van der Waals surface area contributed by atoms with Gasteiger partial charge >= 0.3 is 0 Å². The molecule has 0 spiro atoms. The fraction of sp³-hybridized carbons (Fsp3) is 0.667. The molecular weight excluding hydrogens is 282 g/mol. The molecule has 0 aliphatic carbocycles. The van der Waals surface area contributed by atoms with Crippen LogP contribution in [0.25, 0.3) is 0 Å². The molecule has 0 amide bonds. The van der Waals surface area contributed by atoms with E-state index in [2.05, 4.69) is 32.1 Å². The zero-order valence-electron chi connectivity index (χ0n) is 13.7. The van der Waals surface area contributed by atoms with Crippen molar-refractivity contribution in [2.45, 2.75) is 46.3 Å². The zero-order valence-corrected chi connectivity index (χ0v) is 13.7. The van der Waals surface area contributed by atoms with Crippen LogP contribution < -0.4 is 0 Å². The van der Waals surface area contributed by atoms with Crippen LogP contribution in [0.2, 0.25) is 0 Å². The number of rotatable bonds is 5. The van der Waals surface area contributed by atoms with E-state index in [-0.39, 0.29) is 0 Å². The molecule has 0 aromatic carbocycles. The summed E-state index contributed by atoms with van der Waals surface area (Å²) >= 11 is 0. The fourth-order valence-electron chi connectivity index (χ4n) is 3.02. The average Bonchev–Trinajstić information content (AvgIpc) is 3.17. The standard InChI is InChI=1S/C15H23N5O2/c1-10-14(11(2)21-17-10)8-20-6-5-13(7-20)19(4)9-15-16-12(3)22-18-15/h13H,5-9H2,1-4H3/t13-/m1/s1. The van der Waals surface area contributed by atoms with Gasteiger partial charge in [-0.25, -0.2) is 0 Å². The van der Waals surface area contributed by atoms with Crippen LogP contribution in [0, 0.1) is 20.8 Å². The van der Waals surface area contributed by atoms with Crippen molar-refractivity contribution in [2.75, 3.05) is 20.1 Å². The van der Waals surface area contributed by atoms with E-state index >= 15 is 0 Å². The van der Waals surface area contributed by atoms with Gasteiger partial charge in [0.2, 0.25) is 5.89 Å². The number of hydrogen-bond acceptors (Lipinski definition) is 7. The zero-order chi connectivity index (χ0) is 15.7. The van der Waals surface area contributed by atoms with Crippen LogP contribution in [-0.4, -0.2) is 51.3 Å². The maximum atomic E-state index is 5.25. The van der Waals surface area contributed by atoms with Crippen molar-refractivity contribution in [3.63, 3.8) is 0 Å². The van der Waals surface area contributed by atoms with Crippen LogP contribution >= 0.6 is 0 Å². The summed E-state index contributed by atoms with van der Waals surface area (Å²) in [4.78, 5) is 9.03. The number of aromatic nitrogens is 3. The lowest BCUT2D eigenvalue weighted by Gasteiger charge is -2.23. The van der Waals surface area contributed by atoms with Crippen molar-refractivity contribution in [2.24, 2.45) is 0 Å². The summed E-state index contributed by atoms with van der Waals surface area (Å²) in [6, 6.07) is 0.513. The van der Waals surface area contributed by atoms with Crippen molar-refractivity contribution >= 4 is 0 Å². The molecule has 0 saturated carbocycles. The summed E-state index contributed by atoms with van der Waals surface area (Å²) < 4.78 is 10.3. The fourth-order valence-corrected chi connectivity index (χ4v) is 3.02. The van der Waals surface area contributed by atoms with Gasteiger partial charge in [0.15, 0.2) is 5.82 Å². The quantitative estimate of drug-likeness (QED) is 0.832. The number of hydrogen-bond donors (Lipinski definition) is 0. The summed E-state index contributed by atoms with van der Waals surface area (Å²) in [5.41, 5.74) is 2.22. The predicted molar refractivity (Wildman–Crippen MR) is 80.2 cm³/mol. The molecule has 0 unspecified atom stereocenters. The minimum atomic E-state index is 0.513. The molecule has 120 valence electrons. The molecule has 2 aromatic rings. The van der Waals surface area contributed by atoms with E-state index in [0.29, 0.717) is 11.9 Å². The van der Waals surface area contributed by atoms with Crippen LogP contribution in [0.1, 0.15) is 35.2 Å². The highest BCUT2D eigenvalue weighted by Gasteiger charge is 2.27. The largest absolute Gasteiger partial charge is 0.361 e. The Morgan fingerprint density at radius 1 is 1.23 bits per heavy atom. The summed E-state index contributed by atoms with van der Waals surface area (Å²) in [7, 11) is 2.12. The maximum absolute atomic E-state index is 5.25. The van der Waals surface area contributed by atoms with Crippen LogP contribution in [-0.2, 0) is 13.1 Å². The summed E-state index contributed by atoms with van der Waals surface area (Å²) in [6.45, 7) is 9.56. The smallest absolute Gasteiger partial charge is 0.223 e. The third kappa shape index (κ3) is 3.20. The van der Waals surface area contributed by atoms with E-state index < -0.39 is 0 Å². The molecule has 1 atom stereocenters. The second-order valence-electron chi connectivity index (χ2n) is 6.13. The van der Waals surface area contributed by atoms with Crippen molar-refractivity contribution in [3.8, 4) is 0 Å². The first kappa shape index (κ1) is 15.2. The summed E-state index contributed by atoms with van der Waals surface area (Å²) in [5.74, 6) is 2.30. The van der Waals surface area contributed by atoms with Gasteiger partial charge in [-0.05, 0) is 27.3 Å². The second-order valence-corrected chi connectivity index (χ2v) is 6.13. The van der Waals surface area contributed by atoms with Gasteiger partial charge in [-0.3, -0.25) is 9.80 Å². The third-order valence-electron chi connectivity index (χ3n) is 4.39. The van der Waals surface area contributed by atoms with E-state index in [4.69, 9.17) is 9.05 Å². The SMILES string of the molecule is Cc1nc(CN(C)[C@@H]2CCN(Cc3c(C)noc3C)C2)no1. The Morgan fingerprint density at radius 3 is 2.68 bits per heavy atom. The van der Waals surface area contributed by atoms with Gasteiger partial charge in [0.1, 0.15) is 5.76 Å². The number of likely N-dealkylation sites (N-methyl/N-ethyl adjacent to an activating group) is 1. The van der Waals surface area contributed by atoms with Crippen molar-refractivity contribution < 1.29 is 9.05 Å². The molecule has 7 heteroatoms. The van der Waals surface area contributed by atoms with Gasteiger partial charge in [-0.2, -0.15) is 4.98 Å². The molecule has 0 N–H and O–H groups in total. The predicted octanol–water partition coefficient (Wildman–Crippen LogP) is 1.69. The molecule has 7 nitrogen and oxygen atoms in total. The van der Waals surface area contributed by atoms with E-state index in [0.717, 1.165) is 49.9 Å². The Bertz CT molecular complexity index is 616. The lowest BCUT2D eigenvalue weighted by atomic mass is 10.2. The van der Waals surface area contributed by atoms with Crippen molar-refractivity contribution in [3.05, 3.63) is 28.7 Å². The van der Waals surface area contributed by atoms with Gasteiger partial charge in [-0.15, -0.1) is 0 Å². The molecule has 3 rings (SSSR count). The van der Waals surface area contributed by atoms with Crippen molar-refractivity contribution in [1.29, 1.82) is 0 Å². The van der Waals surface area contributed by atoms with Crippen LogP contribution in [0.15, 0.2) is 9.05 Å². The Kier molecular flexibility index (Phi) is 4.26. The van der Waals surface area contributed by atoms with Gasteiger partial charge in [0.05, 0.1) is 12.2 Å². The molecule has 1 fully saturated rings. The Labute approximate surface area is 130 Å². The summed E-state index contributed by atoms with van der Waals surface area (Å²) in [5, 5.41) is 8.00. The first-order chi connectivity index (χ1) is 10.5. The first-order valence-corrected chi connectivity index (χ1v) is 7.66. The highest BCUT2D eigenvalue weighted by Crippen LogP contribution is 2.21. The minimum absolute atomic E-state index is 0.513. The molecular formula is C15H23N5O2. The topological polar surface area (TPSA) is 71.4 Å². The molecule has 3 heterocycles. The number of nitrogens with zero attached hydrogens (tertiary/aromatic N) is 5. The molecule has 1 aliphatic heterocycles. The van der Waals surface area contributed by atoms with E-state index in [1.54, 1.807) is 0 Å². The van der Waals surface area contributed by atoms with E-state index in [1.165, 1.54) is 5.56 Å². The average molecular weight is 305 g/mol. The van der Waals surface area contributed by atoms with Gasteiger partial charge in [-0.1, -0.05) is 10.3 Å². The van der Waals surface area contributed by atoms with Gasteiger partial charge < -0.3 is 9.05 Å². The van der Waals surface area contributed by atoms with Gasteiger partial charge in [0.25, 0.3) is 0 Å². The van der Waals surface area contributed by atoms with Crippen LogP contribution in [0.5, 0.6) is 0 Å². The number of aryl methyl sites for hydroxylation is 3. The Morgan fingerprint density at radius 2 is 2.05 bits per heavy atom. The second kappa shape index (κ2) is 6.18. The van der Waals surface area contributed by atoms with Crippen LogP contribution in [0.3, 0.4) is 0 Å². The molecule has 2 aromatic heterocycles. The monoisotopic (exact) mass is 305 g/mol. The molecule has 0 radical (unpaired) electrons. The normalized spacial score (nSPS) is 19.4. The van der Waals surface area contributed by atoms with Gasteiger partial charge in [0, 0.05) is 38.2 Å². The Balaban J connectivity index is 1.55. The first-order valence-electron chi connectivity index (χ1n) is 7.66. The molecule has 1 saturated heterocycles. The molecule has 0 bridgehead atoms. The van der Waals surface area contributed by atoms with Crippen molar-refractivity contribution in [1.82, 2.24) is 25.1 Å². The molecule has 1 aliphatic rings. The highest BCUT2D eigenvalue weighted by atomic mass is 16.5. The highest BCUT2D eigenvalue weighted by molar-refractivity contribution is 5.20. The lowest BCUT2D eigenvalue weighted by molar-refractivity contribution is 0.215. The van der Waals surface area contributed by atoms with E-state index in [9.17, 15) is 0 Å². The minimum Gasteiger partial charge on any atom is -0.361 e.